The van der Waals surface area contributed by atoms with Gasteiger partial charge in [0.05, 0.1) is 20.3 Å². The summed E-state index contributed by atoms with van der Waals surface area (Å²) in [5.74, 6) is -1.12. The number of nitrogens with two attached hydrogens (primary N) is 1. The molecule has 1 heterocycles. The largest absolute Gasteiger partial charge is 0.493 e. The highest BCUT2D eigenvalue weighted by atomic mass is 16.7. The Labute approximate surface area is 193 Å². The van der Waals surface area contributed by atoms with Gasteiger partial charge in [-0.15, -0.1) is 0 Å². The molecule has 0 aromatic carbocycles. The molecular formula is C23H32N2O8. The lowest BCUT2D eigenvalue weighted by Gasteiger charge is -2.14. The lowest BCUT2D eigenvalue weighted by Crippen LogP contribution is -2.20. The van der Waals surface area contributed by atoms with E-state index in [1.54, 1.807) is 6.92 Å². The fraction of sp³-hybridized carbons (Fsp3) is 0.478. The molecule has 0 saturated heterocycles. The second-order valence-corrected chi connectivity index (χ2v) is 6.88. The maximum Gasteiger partial charge on any atom is 0.305 e. The zero-order valence-corrected chi connectivity index (χ0v) is 19.5. The highest BCUT2D eigenvalue weighted by molar-refractivity contribution is 5.94. The van der Waals surface area contributed by atoms with Gasteiger partial charge < -0.3 is 29.4 Å². The summed E-state index contributed by atoms with van der Waals surface area (Å²) in [6.45, 7) is 5.57. The van der Waals surface area contributed by atoms with Gasteiger partial charge in [0.25, 0.3) is 5.91 Å². The number of aromatic nitrogens is 1. The lowest BCUT2D eigenvalue weighted by atomic mass is 10.1. The summed E-state index contributed by atoms with van der Waals surface area (Å²) in [4.78, 5) is 36.4. The summed E-state index contributed by atoms with van der Waals surface area (Å²) in [6, 6.07) is 1.50. The van der Waals surface area contributed by atoms with Gasteiger partial charge in [-0.2, -0.15) is 0 Å². The van der Waals surface area contributed by atoms with Crippen molar-refractivity contribution < 1.29 is 38.1 Å². The van der Waals surface area contributed by atoms with Gasteiger partial charge in [-0.1, -0.05) is 25.2 Å². The maximum atomic E-state index is 11.1. The summed E-state index contributed by atoms with van der Waals surface area (Å²) in [6.07, 6.45) is 10.2. The van der Waals surface area contributed by atoms with Crippen molar-refractivity contribution in [3.05, 3.63) is 41.8 Å². The number of nitrogens with zero attached hydrogens (tertiary/aromatic N) is 1. The quantitative estimate of drug-likeness (QED) is 0.387. The molecule has 10 heteroatoms. The van der Waals surface area contributed by atoms with Gasteiger partial charge in [-0.05, 0) is 25.3 Å². The first-order valence-corrected chi connectivity index (χ1v) is 10.5. The third-order valence-electron chi connectivity index (χ3n) is 4.10. The molecule has 33 heavy (non-hydrogen) atoms. The van der Waals surface area contributed by atoms with E-state index in [4.69, 9.17) is 24.7 Å². The smallest absolute Gasteiger partial charge is 0.305 e. The van der Waals surface area contributed by atoms with E-state index in [1.807, 2.05) is 6.92 Å². The molecule has 1 aromatic heterocycles. The molecule has 2 N–H and O–H groups in total. The Morgan fingerprint density at radius 3 is 2.58 bits per heavy atom. The van der Waals surface area contributed by atoms with Crippen molar-refractivity contribution in [3.63, 3.8) is 0 Å². The number of carbonyl (C=O) groups is 3. The van der Waals surface area contributed by atoms with Crippen LogP contribution in [0.2, 0.25) is 0 Å². The number of rotatable bonds is 11. The number of primary amides is 1. The topological polar surface area (TPSA) is 136 Å². The van der Waals surface area contributed by atoms with Crippen LogP contribution in [0.5, 0.6) is 11.5 Å². The first-order chi connectivity index (χ1) is 15.8. The average Bonchev–Trinajstić information content (AvgIpc) is 2.79. The van der Waals surface area contributed by atoms with Crippen LogP contribution in [0, 0.1) is 0 Å². The van der Waals surface area contributed by atoms with E-state index in [9.17, 15) is 14.4 Å². The van der Waals surface area contributed by atoms with Gasteiger partial charge in [0.1, 0.15) is 6.10 Å². The average molecular weight is 465 g/mol. The molecule has 0 spiro atoms. The Balaban J connectivity index is 0.000000331. The monoisotopic (exact) mass is 464 g/mol. The van der Waals surface area contributed by atoms with E-state index in [2.05, 4.69) is 27.9 Å². The van der Waals surface area contributed by atoms with Crippen molar-refractivity contribution in [1.82, 2.24) is 4.98 Å². The van der Waals surface area contributed by atoms with Gasteiger partial charge in [0.2, 0.25) is 6.79 Å². The summed E-state index contributed by atoms with van der Waals surface area (Å²) in [5.41, 5.74) is 6.25. The Hall–Kier alpha value is -3.40. The number of esters is 2. The van der Waals surface area contributed by atoms with E-state index in [0.717, 1.165) is 12.8 Å². The minimum Gasteiger partial charge on any atom is -0.493 e. The minimum absolute atomic E-state index is 0.0451. The molecule has 0 aliphatic heterocycles. The van der Waals surface area contributed by atoms with Crippen LogP contribution in [-0.4, -0.2) is 56.1 Å². The van der Waals surface area contributed by atoms with Gasteiger partial charge in [-0.3, -0.25) is 14.4 Å². The molecule has 2 rings (SSSR count). The van der Waals surface area contributed by atoms with E-state index in [1.165, 1.54) is 31.9 Å². The van der Waals surface area contributed by atoms with Crippen molar-refractivity contribution >= 4 is 17.8 Å². The Kier molecular flexibility index (Phi) is 12.9. The Bertz CT molecular complexity index is 851. The highest BCUT2D eigenvalue weighted by Crippen LogP contribution is 2.29. The fourth-order valence-electron chi connectivity index (χ4n) is 2.54. The zero-order chi connectivity index (χ0) is 24.6. The minimum atomic E-state index is -0.762. The zero-order valence-electron chi connectivity index (χ0n) is 19.5. The van der Waals surface area contributed by atoms with Gasteiger partial charge in [0.15, 0.2) is 17.2 Å². The number of carbonyl (C=O) groups excluding carboxylic acids is 3. The first-order valence-electron chi connectivity index (χ1n) is 10.5. The molecule has 0 saturated carbocycles. The third-order valence-corrected chi connectivity index (χ3v) is 4.10. The molecular weight excluding hydrogens is 432 g/mol. The summed E-state index contributed by atoms with van der Waals surface area (Å²) < 4.78 is 25.2. The number of amides is 1. The summed E-state index contributed by atoms with van der Waals surface area (Å²) in [5, 5.41) is 0. The molecule has 1 aliphatic rings. The summed E-state index contributed by atoms with van der Waals surface area (Å²) >= 11 is 0. The molecule has 1 aromatic rings. The molecule has 0 radical (unpaired) electrons. The SMILES string of the molecule is CCC(=O)OC(C)COCC1=CCCC=C1.COc1ccnc(C(N)=O)c1OCOC(C)=O. The molecule has 10 nitrogen and oxygen atoms in total. The number of methoxy groups -OCH3 is 1. The number of allylic oxidation sites excluding steroid dienone is 2. The standard InChI is InChI=1S/C13H20O3.C10H12N2O5/c1-3-13(14)16-11(2)9-15-10-12-7-5-4-6-8-12;1-6(13)16-5-17-9-7(15-2)3-4-12-8(9)10(11)14/h5,7-8,11H,3-4,6,9-10H2,1-2H3;3-4H,5H2,1-2H3,(H2,11,14). The number of ether oxygens (including phenoxy) is 5. The second-order valence-electron chi connectivity index (χ2n) is 6.88. The molecule has 1 unspecified atom stereocenters. The lowest BCUT2D eigenvalue weighted by molar-refractivity contribution is -0.150. The fourth-order valence-corrected chi connectivity index (χ4v) is 2.54. The van der Waals surface area contributed by atoms with E-state index >= 15 is 0 Å². The van der Waals surface area contributed by atoms with Crippen molar-refractivity contribution in [2.75, 3.05) is 27.1 Å². The number of hydrogen-bond donors (Lipinski definition) is 1. The van der Waals surface area contributed by atoms with E-state index in [0.29, 0.717) is 19.6 Å². The first kappa shape index (κ1) is 27.6. The van der Waals surface area contributed by atoms with Crippen LogP contribution in [-0.2, 0) is 23.8 Å². The van der Waals surface area contributed by atoms with Gasteiger partial charge in [-0.25, -0.2) is 4.98 Å². The van der Waals surface area contributed by atoms with E-state index < -0.39 is 11.9 Å². The number of pyridine rings is 1. The van der Waals surface area contributed by atoms with Crippen LogP contribution in [0.3, 0.4) is 0 Å². The van der Waals surface area contributed by atoms with Crippen LogP contribution in [0.25, 0.3) is 0 Å². The molecule has 182 valence electrons. The molecule has 1 atom stereocenters. The summed E-state index contributed by atoms with van der Waals surface area (Å²) in [7, 11) is 1.40. The maximum absolute atomic E-state index is 11.1. The van der Waals surface area contributed by atoms with E-state index in [-0.39, 0.29) is 36.1 Å². The Morgan fingerprint density at radius 1 is 1.24 bits per heavy atom. The van der Waals surface area contributed by atoms with Gasteiger partial charge in [0, 0.05) is 25.6 Å². The predicted molar refractivity (Wildman–Crippen MR) is 120 cm³/mol. The normalized spacial score (nSPS) is 13.0. The van der Waals surface area contributed by atoms with Crippen molar-refractivity contribution in [2.45, 2.75) is 46.1 Å². The van der Waals surface area contributed by atoms with Gasteiger partial charge >= 0.3 is 11.9 Å². The molecule has 1 aliphatic carbocycles. The van der Waals surface area contributed by atoms with Crippen LogP contribution in [0.4, 0.5) is 0 Å². The van der Waals surface area contributed by atoms with Crippen LogP contribution >= 0.6 is 0 Å². The van der Waals surface area contributed by atoms with Crippen LogP contribution in [0.1, 0.15) is 50.5 Å². The predicted octanol–water partition coefficient (Wildman–Crippen LogP) is 2.71. The molecule has 0 bridgehead atoms. The number of hydrogen-bond acceptors (Lipinski definition) is 9. The Morgan fingerprint density at radius 2 is 2.00 bits per heavy atom. The molecule has 0 fully saturated rings. The van der Waals surface area contributed by atoms with Crippen LogP contribution in [0.15, 0.2) is 36.1 Å². The third kappa shape index (κ3) is 11.2. The highest BCUT2D eigenvalue weighted by Gasteiger charge is 2.16. The van der Waals surface area contributed by atoms with Crippen LogP contribution < -0.4 is 15.2 Å². The van der Waals surface area contributed by atoms with Crippen molar-refractivity contribution in [3.8, 4) is 11.5 Å². The van der Waals surface area contributed by atoms with Crippen molar-refractivity contribution in [1.29, 1.82) is 0 Å². The second kappa shape index (κ2) is 15.4. The molecule has 1 amide bonds. The van der Waals surface area contributed by atoms with Crippen molar-refractivity contribution in [2.24, 2.45) is 5.73 Å².